The third-order valence-electron chi connectivity index (χ3n) is 4.14. The topological polar surface area (TPSA) is 83.0 Å². The minimum absolute atomic E-state index is 0. The molecule has 0 bridgehead atoms. The summed E-state index contributed by atoms with van der Waals surface area (Å²) in [6, 6.07) is 6.45. The predicted molar refractivity (Wildman–Crippen MR) is 120 cm³/mol. The highest BCUT2D eigenvalue weighted by Gasteiger charge is 2.30. The maximum absolute atomic E-state index is 13.7. The van der Waals surface area contributed by atoms with E-state index in [0.717, 1.165) is 0 Å². The van der Waals surface area contributed by atoms with E-state index in [1.54, 1.807) is 18.2 Å². The molecule has 10 heteroatoms. The number of ether oxygens (including phenoxy) is 1. The molecule has 2 unspecified atom stereocenters. The highest BCUT2D eigenvalue weighted by Crippen LogP contribution is 2.14. The Morgan fingerprint density at radius 3 is 2.50 bits per heavy atom. The number of hydrogen-bond donors (Lipinski definition) is 2. The van der Waals surface area contributed by atoms with Gasteiger partial charge in [0.1, 0.15) is 5.82 Å². The minimum Gasteiger partial charge on any atom is -0.373 e. The normalized spacial score (nSPS) is 21.1. The van der Waals surface area contributed by atoms with Gasteiger partial charge in [-0.3, -0.25) is 0 Å². The first-order valence-corrected chi connectivity index (χ1v) is 10.8. The molecule has 0 amide bonds. The Bertz CT molecular complexity index is 738. The van der Waals surface area contributed by atoms with Crippen LogP contribution < -0.4 is 10.6 Å². The van der Waals surface area contributed by atoms with E-state index >= 15 is 0 Å². The summed E-state index contributed by atoms with van der Waals surface area (Å²) in [6.07, 6.45) is -0.229. The molecule has 1 saturated heterocycles. The van der Waals surface area contributed by atoms with Gasteiger partial charge in [-0.2, -0.15) is 4.31 Å². The van der Waals surface area contributed by atoms with Gasteiger partial charge in [-0.25, -0.2) is 17.8 Å². The summed E-state index contributed by atoms with van der Waals surface area (Å²) in [6.45, 7) is 7.40. The first-order chi connectivity index (χ1) is 12.8. The molecule has 160 valence electrons. The van der Waals surface area contributed by atoms with E-state index in [0.29, 0.717) is 31.2 Å². The Morgan fingerprint density at radius 1 is 1.25 bits per heavy atom. The lowest BCUT2D eigenvalue weighted by molar-refractivity contribution is -0.0440. The average molecular weight is 528 g/mol. The Morgan fingerprint density at radius 2 is 1.89 bits per heavy atom. The summed E-state index contributed by atoms with van der Waals surface area (Å²) in [7, 11) is -3.39. The molecule has 1 aliphatic heterocycles. The van der Waals surface area contributed by atoms with Crippen molar-refractivity contribution < 1.29 is 17.5 Å². The van der Waals surface area contributed by atoms with E-state index in [2.05, 4.69) is 15.6 Å². The third kappa shape index (κ3) is 7.80. The van der Waals surface area contributed by atoms with Crippen molar-refractivity contribution in [3.8, 4) is 0 Å². The van der Waals surface area contributed by atoms with Crippen LogP contribution in [0.25, 0.3) is 0 Å². The number of benzene rings is 1. The van der Waals surface area contributed by atoms with E-state index < -0.39 is 10.0 Å². The van der Waals surface area contributed by atoms with Crippen molar-refractivity contribution >= 4 is 40.0 Å². The third-order valence-corrected chi connectivity index (χ3v) is 5.95. The van der Waals surface area contributed by atoms with Crippen molar-refractivity contribution in [2.24, 2.45) is 4.99 Å². The number of aliphatic imine (C=N–C) groups is 1. The monoisotopic (exact) mass is 528 g/mol. The summed E-state index contributed by atoms with van der Waals surface area (Å²) >= 11 is 0. The number of morpholine rings is 1. The van der Waals surface area contributed by atoms with Gasteiger partial charge in [0.25, 0.3) is 0 Å². The number of hydrogen-bond acceptors (Lipinski definition) is 4. The van der Waals surface area contributed by atoms with Crippen molar-refractivity contribution in [3.63, 3.8) is 0 Å². The van der Waals surface area contributed by atoms with E-state index in [-0.39, 0.29) is 60.8 Å². The zero-order chi connectivity index (χ0) is 19.9. The number of nitrogens with one attached hydrogen (secondary N) is 2. The van der Waals surface area contributed by atoms with Gasteiger partial charge < -0.3 is 15.4 Å². The van der Waals surface area contributed by atoms with Crippen molar-refractivity contribution in [2.75, 3.05) is 31.9 Å². The van der Waals surface area contributed by atoms with Gasteiger partial charge >= 0.3 is 0 Å². The van der Waals surface area contributed by atoms with E-state index in [1.807, 2.05) is 20.8 Å². The predicted octanol–water partition coefficient (Wildman–Crippen LogP) is 1.94. The molecule has 0 radical (unpaired) electrons. The molecule has 1 aliphatic rings. The number of halogens is 2. The van der Waals surface area contributed by atoms with Crippen LogP contribution in [-0.4, -0.2) is 62.8 Å². The lowest BCUT2D eigenvalue weighted by Crippen LogP contribution is -2.50. The second-order valence-corrected chi connectivity index (χ2v) is 8.69. The number of guanidine groups is 1. The van der Waals surface area contributed by atoms with Gasteiger partial charge in [-0.05, 0) is 26.8 Å². The molecule has 0 aliphatic carbocycles. The summed E-state index contributed by atoms with van der Waals surface area (Å²) in [5.74, 6) is 0.103. The quantitative estimate of drug-likeness (QED) is 0.321. The highest BCUT2D eigenvalue weighted by atomic mass is 127. The lowest BCUT2D eigenvalue weighted by Gasteiger charge is -2.34. The zero-order valence-electron chi connectivity index (χ0n) is 16.5. The minimum atomic E-state index is -3.39. The largest absolute Gasteiger partial charge is 0.373 e. The molecular formula is C18H30FIN4O3S. The van der Waals surface area contributed by atoms with Crippen molar-refractivity contribution in [2.45, 2.75) is 39.5 Å². The SMILES string of the molecule is CCNC(=NCc1ccccc1F)NCCS(=O)(=O)N1CC(C)OC(C)C1.I. The first kappa shape index (κ1) is 25.1. The Kier molecular flexibility index (Phi) is 10.6. The summed E-state index contributed by atoms with van der Waals surface area (Å²) in [5.41, 5.74) is 0.485. The molecule has 1 heterocycles. The van der Waals surface area contributed by atoms with Crippen LogP contribution >= 0.6 is 24.0 Å². The molecule has 1 aromatic carbocycles. The Labute approximate surface area is 184 Å². The Hall–Kier alpha value is -0.980. The molecule has 28 heavy (non-hydrogen) atoms. The van der Waals surface area contributed by atoms with Gasteiger partial charge in [0.2, 0.25) is 10.0 Å². The van der Waals surface area contributed by atoms with Crippen LogP contribution in [0.1, 0.15) is 26.3 Å². The maximum Gasteiger partial charge on any atom is 0.216 e. The maximum atomic E-state index is 13.7. The van der Waals surface area contributed by atoms with E-state index in [9.17, 15) is 12.8 Å². The van der Waals surface area contributed by atoms with Crippen LogP contribution in [0.5, 0.6) is 0 Å². The number of sulfonamides is 1. The fourth-order valence-electron chi connectivity index (χ4n) is 2.92. The Balaban J connectivity index is 0.00000392. The van der Waals surface area contributed by atoms with Gasteiger partial charge in [0, 0.05) is 31.7 Å². The second-order valence-electron chi connectivity index (χ2n) is 6.60. The fourth-order valence-corrected chi connectivity index (χ4v) is 4.41. The van der Waals surface area contributed by atoms with E-state index in [1.165, 1.54) is 10.4 Å². The van der Waals surface area contributed by atoms with E-state index in [4.69, 9.17) is 4.74 Å². The van der Waals surface area contributed by atoms with Crippen LogP contribution in [0, 0.1) is 5.82 Å². The standard InChI is InChI=1S/C18H29FN4O3S.HI/c1-4-20-18(22-11-16-7-5-6-8-17(16)19)21-9-10-27(24,25)23-12-14(2)26-15(3)13-23;/h5-8,14-15H,4,9-13H2,1-3H3,(H2,20,21,22);1H. The van der Waals surface area contributed by atoms with Crippen LogP contribution in [0.15, 0.2) is 29.3 Å². The smallest absolute Gasteiger partial charge is 0.216 e. The molecule has 2 atom stereocenters. The molecule has 1 aromatic rings. The molecule has 0 saturated carbocycles. The van der Waals surface area contributed by atoms with Crippen molar-refractivity contribution in [1.29, 1.82) is 0 Å². The highest BCUT2D eigenvalue weighted by molar-refractivity contribution is 14.0. The van der Waals surface area contributed by atoms with Crippen LogP contribution in [0.2, 0.25) is 0 Å². The molecule has 0 spiro atoms. The van der Waals surface area contributed by atoms with Crippen molar-refractivity contribution in [1.82, 2.24) is 14.9 Å². The summed E-state index contributed by atoms with van der Waals surface area (Å²) < 4.78 is 45.9. The lowest BCUT2D eigenvalue weighted by atomic mass is 10.2. The average Bonchev–Trinajstić information content (AvgIpc) is 2.60. The van der Waals surface area contributed by atoms with Crippen LogP contribution in [-0.2, 0) is 21.3 Å². The zero-order valence-corrected chi connectivity index (χ0v) is 19.7. The molecule has 2 N–H and O–H groups in total. The summed E-state index contributed by atoms with van der Waals surface area (Å²) in [4.78, 5) is 4.33. The van der Waals surface area contributed by atoms with Crippen LogP contribution in [0.4, 0.5) is 4.39 Å². The van der Waals surface area contributed by atoms with Gasteiger partial charge in [-0.1, -0.05) is 18.2 Å². The fraction of sp³-hybridized carbons (Fsp3) is 0.611. The molecule has 1 fully saturated rings. The number of nitrogens with zero attached hydrogens (tertiary/aromatic N) is 2. The molecular weight excluding hydrogens is 498 g/mol. The van der Waals surface area contributed by atoms with Crippen molar-refractivity contribution in [3.05, 3.63) is 35.6 Å². The second kappa shape index (κ2) is 11.9. The van der Waals surface area contributed by atoms with Gasteiger partial charge in [0.15, 0.2) is 5.96 Å². The van der Waals surface area contributed by atoms with Gasteiger partial charge in [0.05, 0.1) is 24.5 Å². The molecule has 2 rings (SSSR count). The van der Waals surface area contributed by atoms with Gasteiger partial charge in [-0.15, -0.1) is 24.0 Å². The first-order valence-electron chi connectivity index (χ1n) is 9.20. The molecule has 0 aromatic heterocycles. The summed E-state index contributed by atoms with van der Waals surface area (Å²) in [5, 5.41) is 6.05. The number of rotatable bonds is 7. The molecule has 7 nitrogen and oxygen atoms in total. The van der Waals surface area contributed by atoms with Crippen LogP contribution in [0.3, 0.4) is 0 Å².